The molecule has 122 valence electrons. The topological polar surface area (TPSA) is 41.6 Å². The Morgan fingerprint density at radius 3 is 2.59 bits per heavy atom. The van der Waals surface area contributed by atoms with Crippen LogP contribution in [0, 0.1) is 6.92 Å². The largest absolute Gasteiger partial charge is 0.434 e. The highest BCUT2D eigenvalue weighted by molar-refractivity contribution is 5.91. The minimum atomic E-state index is -2.98. The zero-order chi connectivity index (χ0) is 16.3. The average Bonchev–Trinajstić information content (AvgIpc) is 3.24. The fourth-order valence-corrected chi connectivity index (χ4v) is 2.09. The number of carbonyl (C=O) groups excluding carboxylic acids is 1. The number of ether oxygens (including phenoxy) is 1. The van der Waals surface area contributed by atoms with E-state index in [0.717, 1.165) is 4.90 Å². The quantitative estimate of drug-likeness (QED) is 0.809. The molecule has 2 amide bonds. The number of benzene rings is 1. The van der Waals surface area contributed by atoms with Gasteiger partial charge in [-0.1, -0.05) is 6.07 Å². The minimum Gasteiger partial charge on any atom is -0.434 e. The van der Waals surface area contributed by atoms with Crippen molar-refractivity contribution < 1.29 is 27.1 Å². The first-order chi connectivity index (χ1) is 10.4. The number of anilines is 1. The molecule has 0 aromatic heterocycles. The first-order valence-corrected chi connectivity index (χ1v) is 6.78. The van der Waals surface area contributed by atoms with Gasteiger partial charge in [0.1, 0.15) is 5.75 Å². The van der Waals surface area contributed by atoms with Gasteiger partial charge in [-0.2, -0.15) is 8.78 Å². The van der Waals surface area contributed by atoms with E-state index in [1.54, 1.807) is 0 Å². The van der Waals surface area contributed by atoms with Crippen molar-refractivity contribution >= 4 is 11.7 Å². The van der Waals surface area contributed by atoms with Crippen LogP contribution in [0.25, 0.3) is 0 Å². The summed E-state index contributed by atoms with van der Waals surface area (Å²) in [5, 5.41) is 2.48. The normalized spacial score (nSPS) is 14.3. The molecule has 8 heteroatoms. The number of hydrogen-bond donors (Lipinski definition) is 1. The summed E-state index contributed by atoms with van der Waals surface area (Å²) >= 11 is 0. The summed E-state index contributed by atoms with van der Waals surface area (Å²) in [6.07, 6.45) is -1.25. The number of carbonyl (C=O) groups is 1. The lowest BCUT2D eigenvalue weighted by Gasteiger charge is -2.23. The molecule has 1 fully saturated rings. The average molecular weight is 320 g/mol. The van der Waals surface area contributed by atoms with Crippen LogP contribution >= 0.6 is 0 Å². The van der Waals surface area contributed by atoms with E-state index < -0.39 is 25.6 Å². The summed E-state index contributed by atoms with van der Waals surface area (Å²) < 4.78 is 54.0. The molecule has 0 spiro atoms. The van der Waals surface area contributed by atoms with E-state index in [1.807, 2.05) is 0 Å². The summed E-state index contributed by atoms with van der Waals surface area (Å²) in [5.41, 5.74) is 0.562. The van der Waals surface area contributed by atoms with Gasteiger partial charge in [-0.05, 0) is 31.9 Å². The van der Waals surface area contributed by atoms with Gasteiger partial charge in [-0.25, -0.2) is 13.6 Å². The van der Waals surface area contributed by atoms with E-state index in [-0.39, 0.29) is 17.5 Å². The number of nitrogens with zero attached hydrogens (tertiary/aromatic N) is 1. The van der Waals surface area contributed by atoms with Crippen molar-refractivity contribution in [3.05, 3.63) is 23.8 Å². The van der Waals surface area contributed by atoms with E-state index in [0.29, 0.717) is 18.4 Å². The minimum absolute atomic E-state index is 0.0698. The van der Waals surface area contributed by atoms with Crippen molar-refractivity contribution in [2.45, 2.75) is 38.8 Å². The van der Waals surface area contributed by atoms with Gasteiger partial charge < -0.3 is 15.0 Å². The number of halogens is 4. The maximum atomic E-state index is 12.5. The maximum Gasteiger partial charge on any atom is 0.387 e. The van der Waals surface area contributed by atoms with Crippen LogP contribution in [0.1, 0.15) is 18.4 Å². The molecule has 0 aliphatic heterocycles. The van der Waals surface area contributed by atoms with E-state index in [1.165, 1.54) is 25.1 Å². The molecule has 0 radical (unpaired) electrons. The Morgan fingerprint density at radius 1 is 1.36 bits per heavy atom. The molecular formula is C14H16F4N2O2. The van der Waals surface area contributed by atoms with Crippen LogP contribution in [0.5, 0.6) is 5.75 Å². The molecule has 0 heterocycles. The Labute approximate surface area is 125 Å². The fourth-order valence-electron chi connectivity index (χ4n) is 2.09. The second-order valence-corrected chi connectivity index (χ2v) is 5.01. The second-order valence-electron chi connectivity index (χ2n) is 5.01. The van der Waals surface area contributed by atoms with E-state index in [2.05, 4.69) is 10.1 Å². The van der Waals surface area contributed by atoms with Crippen LogP contribution in [0.4, 0.5) is 28.0 Å². The van der Waals surface area contributed by atoms with Crippen molar-refractivity contribution in [3.63, 3.8) is 0 Å². The summed E-state index contributed by atoms with van der Waals surface area (Å²) in [6, 6.07) is 3.43. The first kappa shape index (κ1) is 16.4. The number of nitrogens with one attached hydrogen (secondary N) is 1. The van der Waals surface area contributed by atoms with Crippen LogP contribution < -0.4 is 10.1 Å². The second kappa shape index (κ2) is 6.85. The first-order valence-electron chi connectivity index (χ1n) is 6.78. The predicted octanol–water partition coefficient (Wildman–Crippen LogP) is 3.86. The molecule has 1 aliphatic rings. The molecule has 0 saturated heterocycles. The van der Waals surface area contributed by atoms with Gasteiger partial charge in [0.25, 0.3) is 6.43 Å². The molecule has 0 bridgehead atoms. The van der Waals surface area contributed by atoms with E-state index in [4.69, 9.17) is 0 Å². The monoisotopic (exact) mass is 320 g/mol. The predicted molar refractivity (Wildman–Crippen MR) is 72.6 cm³/mol. The smallest absolute Gasteiger partial charge is 0.387 e. The molecular weight excluding hydrogens is 304 g/mol. The molecule has 0 atom stereocenters. The third-order valence-corrected chi connectivity index (χ3v) is 3.32. The molecule has 1 aliphatic carbocycles. The fraction of sp³-hybridized carbons (Fsp3) is 0.500. The van der Waals surface area contributed by atoms with Gasteiger partial charge in [0.05, 0.1) is 6.54 Å². The Morgan fingerprint density at radius 2 is 2.05 bits per heavy atom. The Balaban J connectivity index is 2.10. The van der Waals surface area contributed by atoms with Crippen molar-refractivity contribution in [3.8, 4) is 5.75 Å². The highest BCUT2D eigenvalue weighted by atomic mass is 19.3. The summed E-state index contributed by atoms with van der Waals surface area (Å²) in [6.45, 7) is -2.13. The summed E-state index contributed by atoms with van der Waals surface area (Å²) in [4.78, 5) is 13.2. The number of rotatable bonds is 6. The Bertz CT molecular complexity index is 536. The molecule has 22 heavy (non-hydrogen) atoms. The van der Waals surface area contributed by atoms with Crippen molar-refractivity contribution in [1.82, 2.24) is 4.90 Å². The van der Waals surface area contributed by atoms with Gasteiger partial charge in [0.2, 0.25) is 0 Å². The molecule has 1 aromatic rings. The Kier molecular flexibility index (Phi) is 5.10. The van der Waals surface area contributed by atoms with Crippen LogP contribution in [-0.2, 0) is 0 Å². The number of alkyl halides is 4. The molecule has 2 rings (SSSR count). The van der Waals surface area contributed by atoms with Gasteiger partial charge in [0, 0.05) is 17.3 Å². The summed E-state index contributed by atoms with van der Waals surface area (Å²) in [5.74, 6) is -0.0698. The Hall–Kier alpha value is -1.99. The third kappa shape index (κ3) is 4.25. The molecule has 4 nitrogen and oxygen atoms in total. The van der Waals surface area contributed by atoms with E-state index >= 15 is 0 Å². The maximum absolute atomic E-state index is 12.5. The number of hydrogen-bond acceptors (Lipinski definition) is 2. The highest BCUT2D eigenvalue weighted by Crippen LogP contribution is 2.30. The third-order valence-electron chi connectivity index (χ3n) is 3.32. The van der Waals surface area contributed by atoms with Gasteiger partial charge in [0.15, 0.2) is 0 Å². The summed E-state index contributed by atoms with van der Waals surface area (Å²) in [7, 11) is 0. The lowest BCUT2D eigenvalue weighted by atomic mass is 10.2. The molecule has 1 N–H and O–H groups in total. The molecule has 1 saturated carbocycles. The van der Waals surface area contributed by atoms with E-state index in [9.17, 15) is 22.4 Å². The SMILES string of the molecule is Cc1c(NC(=O)N(CC(F)F)C2CC2)cccc1OC(F)F. The number of urea groups is 1. The van der Waals surface area contributed by atoms with Crippen LogP contribution in [-0.4, -0.2) is 36.6 Å². The lowest BCUT2D eigenvalue weighted by Crippen LogP contribution is -2.40. The standard InChI is InChI=1S/C14H16F4N2O2/c1-8-10(3-2-4-11(8)22-13(17)18)19-14(21)20(7-12(15)16)9-5-6-9/h2-4,9,12-13H,5-7H2,1H3,(H,19,21). The lowest BCUT2D eigenvalue weighted by molar-refractivity contribution is -0.0502. The van der Waals surface area contributed by atoms with Crippen molar-refractivity contribution in [2.75, 3.05) is 11.9 Å². The van der Waals surface area contributed by atoms with Crippen molar-refractivity contribution in [1.29, 1.82) is 0 Å². The highest BCUT2D eigenvalue weighted by Gasteiger charge is 2.34. The van der Waals surface area contributed by atoms with Gasteiger partial charge in [-0.15, -0.1) is 0 Å². The number of amides is 2. The zero-order valence-electron chi connectivity index (χ0n) is 11.9. The van der Waals surface area contributed by atoms with Gasteiger partial charge >= 0.3 is 12.6 Å². The molecule has 0 unspecified atom stereocenters. The van der Waals surface area contributed by atoms with Crippen LogP contribution in [0.3, 0.4) is 0 Å². The van der Waals surface area contributed by atoms with Crippen LogP contribution in [0.2, 0.25) is 0 Å². The molecule has 1 aromatic carbocycles. The van der Waals surface area contributed by atoms with Crippen LogP contribution in [0.15, 0.2) is 18.2 Å². The van der Waals surface area contributed by atoms with Gasteiger partial charge in [-0.3, -0.25) is 0 Å². The zero-order valence-corrected chi connectivity index (χ0v) is 11.9. The van der Waals surface area contributed by atoms with Crippen molar-refractivity contribution in [2.24, 2.45) is 0 Å².